The Hall–Kier alpha value is -0.790. The summed E-state index contributed by atoms with van der Waals surface area (Å²) in [6.07, 6.45) is 1.73. The number of carbonyl (C=O) groups is 1. The van der Waals surface area contributed by atoms with Gasteiger partial charge in [0.05, 0.1) is 24.7 Å². The van der Waals surface area contributed by atoms with Crippen LogP contribution in [0.3, 0.4) is 0 Å². The molecule has 118 valence electrons. The molecule has 0 bridgehead atoms. The molecule has 0 radical (unpaired) electrons. The van der Waals surface area contributed by atoms with Crippen LogP contribution in [0.5, 0.6) is 0 Å². The summed E-state index contributed by atoms with van der Waals surface area (Å²) in [4.78, 5) is 11.5. The maximum atomic E-state index is 12.8. The maximum Gasteiger partial charge on any atom is 0.308 e. The van der Waals surface area contributed by atoms with E-state index in [1.54, 1.807) is 6.92 Å². The average molecular weight is 295 g/mol. The van der Waals surface area contributed by atoms with Crippen LogP contribution >= 0.6 is 0 Å². The average Bonchev–Trinajstić information content (AvgIpc) is 2.39. The Morgan fingerprint density at radius 3 is 2.55 bits per heavy atom. The zero-order valence-corrected chi connectivity index (χ0v) is 11.7. The number of esters is 1. The van der Waals surface area contributed by atoms with E-state index in [-0.39, 0.29) is 18.4 Å². The molecule has 7 heteroatoms. The van der Waals surface area contributed by atoms with Gasteiger partial charge in [0, 0.05) is 6.54 Å². The third-order valence-corrected chi connectivity index (χ3v) is 3.61. The number of hydrogen-bond acceptors (Lipinski definition) is 5. The first-order valence-electron chi connectivity index (χ1n) is 6.90. The van der Waals surface area contributed by atoms with Crippen molar-refractivity contribution in [3.05, 3.63) is 0 Å². The summed E-state index contributed by atoms with van der Waals surface area (Å²) in [6, 6.07) is 0. The third-order valence-electron chi connectivity index (χ3n) is 3.61. The highest BCUT2D eigenvalue weighted by Crippen LogP contribution is 2.32. The van der Waals surface area contributed by atoms with Crippen LogP contribution in [-0.4, -0.2) is 54.0 Å². The van der Waals surface area contributed by atoms with Gasteiger partial charge in [0.1, 0.15) is 6.61 Å². The van der Waals surface area contributed by atoms with E-state index in [0.717, 1.165) is 0 Å². The SMILES string of the molecule is CCOC(=O)C1CCC(O)(CNCC(F)(F)CO)CC1. The van der Waals surface area contributed by atoms with Gasteiger partial charge in [-0.3, -0.25) is 4.79 Å². The Kier molecular flexibility index (Phi) is 6.29. The number of carbonyl (C=O) groups excluding carboxylic acids is 1. The number of alkyl halides is 2. The van der Waals surface area contributed by atoms with Crippen LogP contribution in [0.15, 0.2) is 0 Å². The zero-order chi connectivity index (χ0) is 15.2. The third kappa shape index (κ3) is 5.30. The predicted molar refractivity (Wildman–Crippen MR) is 68.4 cm³/mol. The molecule has 20 heavy (non-hydrogen) atoms. The number of aliphatic hydroxyl groups is 2. The van der Waals surface area contributed by atoms with Crippen molar-refractivity contribution in [2.24, 2.45) is 5.92 Å². The van der Waals surface area contributed by atoms with Crippen LogP contribution < -0.4 is 5.32 Å². The van der Waals surface area contributed by atoms with Gasteiger partial charge in [-0.1, -0.05) is 0 Å². The first kappa shape index (κ1) is 17.3. The molecule has 0 aromatic rings. The lowest BCUT2D eigenvalue weighted by molar-refractivity contribution is -0.151. The van der Waals surface area contributed by atoms with Gasteiger partial charge >= 0.3 is 5.97 Å². The van der Waals surface area contributed by atoms with E-state index in [4.69, 9.17) is 9.84 Å². The zero-order valence-electron chi connectivity index (χ0n) is 11.7. The Labute approximate surface area is 117 Å². The summed E-state index contributed by atoms with van der Waals surface area (Å²) in [5.74, 6) is -3.65. The van der Waals surface area contributed by atoms with E-state index < -0.39 is 24.7 Å². The maximum absolute atomic E-state index is 12.8. The number of hydrogen-bond donors (Lipinski definition) is 3. The standard InChI is InChI=1S/C13H23F2NO4/c1-2-20-11(18)10-3-5-12(19,6-4-10)7-16-8-13(14,15)9-17/h10,16-17,19H,2-9H2,1H3. The number of rotatable bonds is 7. The molecule has 1 rings (SSSR count). The van der Waals surface area contributed by atoms with E-state index in [0.29, 0.717) is 32.3 Å². The number of aliphatic hydroxyl groups excluding tert-OH is 1. The van der Waals surface area contributed by atoms with Crippen LogP contribution in [0.4, 0.5) is 8.78 Å². The van der Waals surface area contributed by atoms with Crippen molar-refractivity contribution >= 4 is 5.97 Å². The molecular formula is C13H23F2NO4. The summed E-state index contributed by atoms with van der Waals surface area (Å²) in [6.45, 7) is 0.203. The highest BCUT2D eigenvalue weighted by molar-refractivity contribution is 5.72. The number of nitrogens with one attached hydrogen (secondary N) is 1. The minimum absolute atomic E-state index is 0.0259. The van der Waals surface area contributed by atoms with Gasteiger partial charge in [-0.15, -0.1) is 0 Å². The van der Waals surface area contributed by atoms with Gasteiger partial charge in [-0.05, 0) is 32.6 Å². The molecule has 0 saturated heterocycles. The summed E-state index contributed by atoms with van der Waals surface area (Å²) in [5.41, 5.74) is -1.07. The number of ether oxygens (including phenoxy) is 1. The largest absolute Gasteiger partial charge is 0.466 e. The smallest absolute Gasteiger partial charge is 0.308 e. The van der Waals surface area contributed by atoms with Crippen molar-refractivity contribution in [3.63, 3.8) is 0 Å². The lowest BCUT2D eigenvalue weighted by Crippen LogP contribution is -2.47. The van der Waals surface area contributed by atoms with Crippen LogP contribution in [0, 0.1) is 5.92 Å². The molecule has 0 unspecified atom stereocenters. The lowest BCUT2D eigenvalue weighted by Gasteiger charge is -2.35. The fourth-order valence-electron chi connectivity index (χ4n) is 2.36. The van der Waals surface area contributed by atoms with Crippen molar-refractivity contribution in [1.29, 1.82) is 0 Å². The fraction of sp³-hybridized carbons (Fsp3) is 0.923. The molecule has 5 nitrogen and oxygen atoms in total. The van der Waals surface area contributed by atoms with Crippen molar-refractivity contribution < 1.29 is 28.5 Å². The molecule has 3 N–H and O–H groups in total. The minimum atomic E-state index is -3.18. The van der Waals surface area contributed by atoms with E-state index in [1.165, 1.54) is 0 Å². The van der Waals surface area contributed by atoms with Crippen molar-refractivity contribution in [2.75, 3.05) is 26.3 Å². The molecule has 0 heterocycles. The summed E-state index contributed by atoms with van der Waals surface area (Å²) >= 11 is 0. The van der Waals surface area contributed by atoms with Gasteiger partial charge in [0.2, 0.25) is 0 Å². The number of halogens is 2. The molecule has 0 aliphatic heterocycles. The highest BCUT2D eigenvalue weighted by Gasteiger charge is 2.37. The molecule has 1 aliphatic rings. The van der Waals surface area contributed by atoms with E-state index in [9.17, 15) is 18.7 Å². The molecule has 0 spiro atoms. The van der Waals surface area contributed by atoms with E-state index >= 15 is 0 Å². The lowest BCUT2D eigenvalue weighted by atomic mass is 9.78. The molecule has 0 atom stereocenters. The first-order chi connectivity index (χ1) is 9.32. The minimum Gasteiger partial charge on any atom is -0.466 e. The second-order valence-corrected chi connectivity index (χ2v) is 5.37. The second kappa shape index (κ2) is 7.28. The second-order valence-electron chi connectivity index (χ2n) is 5.37. The van der Waals surface area contributed by atoms with Gasteiger partial charge in [-0.2, -0.15) is 0 Å². The topological polar surface area (TPSA) is 78.8 Å². The van der Waals surface area contributed by atoms with E-state index in [2.05, 4.69) is 5.32 Å². The van der Waals surface area contributed by atoms with Crippen molar-refractivity contribution in [1.82, 2.24) is 5.32 Å². The molecule has 1 saturated carbocycles. The van der Waals surface area contributed by atoms with Crippen LogP contribution in [0.25, 0.3) is 0 Å². The quantitative estimate of drug-likeness (QED) is 0.602. The monoisotopic (exact) mass is 295 g/mol. The Balaban J connectivity index is 2.33. The Morgan fingerprint density at radius 2 is 2.05 bits per heavy atom. The van der Waals surface area contributed by atoms with Crippen molar-refractivity contribution in [3.8, 4) is 0 Å². The molecule has 0 aromatic heterocycles. The van der Waals surface area contributed by atoms with E-state index in [1.807, 2.05) is 0 Å². The molecule has 0 amide bonds. The molecule has 1 aliphatic carbocycles. The molecular weight excluding hydrogens is 272 g/mol. The van der Waals surface area contributed by atoms with Gasteiger partial charge in [-0.25, -0.2) is 8.78 Å². The van der Waals surface area contributed by atoms with Gasteiger partial charge in [0.15, 0.2) is 0 Å². The fourth-order valence-corrected chi connectivity index (χ4v) is 2.36. The van der Waals surface area contributed by atoms with Crippen molar-refractivity contribution in [2.45, 2.75) is 44.1 Å². The van der Waals surface area contributed by atoms with Crippen LogP contribution in [0.2, 0.25) is 0 Å². The predicted octanol–water partition coefficient (Wildman–Crippen LogP) is 0.688. The van der Waals surface area contributed by atoms with Gasteiger partial charge in [0.25, 0.3) is 5.92 Å². The van der Waals surface area contributed by atoms with Crippen LogP contribution in [0.1, 0.15) is 32.6 Å². The molecule has 1 fully saturated rings. The first-order valence-corrected chi connectivity index (χ1v) is 6.90. The summed E-state index contributed by atoms with van der Waals surface area (Å²) < 4.78 is 30.6. The Morgan fingerprint density at radius 1 is 1.45 bits per heavy atom. The van der Waals surface area contributed by atoms with Gasteiger partial charge < -0.3 is 20.3 Å². The highest BCUT2D eigenvalue weighted by atomic mass is 19.3. The van der Waals surface area contributed by atoms with Crippen LogP contribution in [-0.2, 0) is 9.53 Å². The normalized spacial score (nSPS) is 27.4. The summed E-state index contributed by atoms with van der Waals surface area (Å²) in [5, 5.41) is 21.2. The summed E-state index contributed by atoms with van der Waals surface area (Å²) in [7, 11) is 0. The molecule has 0 aromatic carbocycles. The Bertz CT molecular complexity index is 317.